The Morgan fingerprint density at radius 3 is 0.848 bits per heavy atom. The average molecular weight is 1280 g/mol. The van der Waals surface area contributed by atoms with Crippen molar-refractivity contribution in [3.63, 3.8) is 0 Å². The van der Waals surface area contributed by atoms with Gasteiger partial charge in [0.05, 0.1) is 16.6 Å². The van der Waals surface area contributed by atoms with E-state index in [2.05, 4.69) is 328 Å². The van der Waals surface area contributed by atoms with E-state index in [1.54, 1.807) is 0 Å². The molecule has 0 radical (unpaired) electrons. The van der Waals surface area contributed by atoms with Crippen LogP contribution in [0.25, 0.3) is 170 Å². The number of nitrogens with zero attached hydrogens (tertiary/aromatic N) is 1. The standard InChI is InChI=1S/C98H87N/c1-52(2)72-28-20-29-73(53(3)4)94(72)66-34-32-64-48-88-80(44-69(64)42-66)86-46-71(47-87-81-45-70-43-67(35-33-65(70)49-89(81)99(88)98(86)87)95-74(54(5)6)30-21-31-75(95)55(7)8)68-40-62(15)93(63(16)41-68)85-51-84(92-60(13)26-19-27-61(92)14)78-37-36-76-82(90-56(9)22-17-23-57(90)10)50-83(91-58(11)24-18-25-59(91)12)77-38-39-79(85)97(78)96(76)77/h17-55H,1-16H3. The van der Waals surface area contributed by atoms with E-state index in [0.29, 0.717) is 23.7 Å². The average Bonchev–Trinajstić information content (AvgIpc) is 1.64. The highest BCUT2D eigenvalue weighted by Crippen LogP contribution is 2.53. The largest absolute Gasteiger partial charge is 0.308 e. The van der Waals surface area contributed by atoms with Crippen molar-refractivity contribution in [2.45, 2.75) is 134 Å². The van der Waals surface area contributed by atoms with Gasteiger partial charge in [-0.25, -0.2) is 0 Å². The summed E-state index contributed by atoms with van der Waals surface area (Å²) in [6.07, 6.45) is 0. The van der Waals surface area contributed by atoms with Crippen molar-refractivity contribution in [2.24, 2.45) is 0 Å². The molecular weight excluding hydrogens is 1190 g/mol. The van der Waals surface area contributed by atoms with E-state index in [-0.39, 0.29) is 0 Å². The topological polar surface area (TPSA) is 4.41 Å². The van der Waals surface area contributed by atoms with Crippen LogP contribution in [0.15, 0.2) is 212 Å². The van der Waals surface area contributed by atoms with E-state index in [9.17, 15) is 0 Å². The minimum atomic E-state index is 0.397. The summed E-state index contributed by atoms with van der Waals surface area (Å²) in [7, 11) is 0. The molecule has 0 bridgehead atoms. The van der Waals surface area contributed by atoms with Gasteiger partial charge >= 0.3 is 0 Å². The lowest BCUT2D eigenvalue weighted by Gasteiger charge is -2.25. The lowest BCUT2D eigenvalue weighted by molar-refractivity contribution is 0.838. The van der Waals surface area contributed by atoms with Gasteiger partial charge < -0.3 is 4.40 Å². The summed E-state index contributed by atoms with van der Waals surface area (Å²) in [5.74, 6) is 1.59. The molecule has 0 aliphatic rings. The van der Waals surface area contributed by atoms with E-state index in [1.807, 2.05) is 0 Å². The zero-order chi connectivity index (χ0) is 68.5. The molecule has 0 amide bonds. The summed E-state index contributed by atoms with van der Waals surface area (Å²) in [5.41, 5.74) is 37.9. The number of hydrogen-bond acceptors (Lipinski definition) is 0. The molecule has 0 atom stereocenters. The SMILES string of the molecule is Cc1cccc(C)c1-c1cc(-c2c(C)cccc2C)c2ccc3c(-c4c(C)cc(-c5cc6c7cc8cc(-c9c(C(C)C)cccc9C(C)C)ccc8cc7n7c8cc9ccc(-c%10c(C(C)C)cccc%10C(C)C)cc9cc8c(c5)c67)cc4C)cc(-c4c(C)cccc4C)c4ccc1c2c43. The van der Waals surface area contributed by atoms with Crippen LogP contribution in [0.4, 0.5) is 0 Å². The molecule has 0 spiro atoms. The van der Waals surface area contributed by atoms with Gasteiger partial charge in [0.1, 0.15) is 0 Å². The van der Waals surface area contributed by atoms with Crippen LogP contribution in [-0.4, -0.2) is 4.40 Å². The van der Waals surface area contributed by atoms with Crippen molar-refractivity contribution in [3.05, 3.63) is 279 Å². The third-order valence-corrected chi connectivity index (χ3v) is 22.9. The Labute approximate surface area is 584 Å². The third-order valence-electron chi connectivity index (χ3n) is 22.9. The highest BCUT2D eigenvalue weighted by Gasteiger charge is 2.28. The van der Waals surface area contributed by atoms with E-state index in [4.69, 9.17) is 0 Å². The molecule has 0 N–H and O–H groups in total. The Hall–Kier alpha value is -10.3. The van der Waals surface area contributed by atoms with Crippen molar-refractivity contribution in [2.75, 3.05) is 0 Å². The van der Waals surface area contributed by atoms with Crippen LogP contribution in [0.5, 0.6) is 0 Å². The third kappa shape index (κ3) is 9.54. The van der Waals surface area contributed by atoms with Crippen molar-refractivity contribution >= 4 is 92.0 Å². The Balaban J connectivity index is 0.925. The number of benzene rings is 15. The fourth-order valence-electron chi connectivity index (χ4n) is 18.4. The Morgan fingerprint density at radius 1 is 0.222 bits per heavy atom. The van der Waals surface area contributed by atoms with Gasteiger partial charge in [0.2, 0.25) is 0 Å². The van der Waals surface area contributed by atoms with E-state index >= 15 is 0 Å². The maximum atomic E-state index is 2.60. The zero-order valence-electron chi connectivity index (χ0n) is 60.5. The van der Waals surface area contributed by atoms with Crippen molar-refractivity contribution < 1.29 is 0 Å². The van der Waals surface area contributed by atoms with Crippen LogP contribution in [0, 0.1) is 55.4 Å². The van der Waals surface area contributed by atoms with Gasteiger partial charge in [0, 0.05) is 21.5 Å². The summed E-state index contributed by atoms with van der Waals surface area (Å²) >= 11 is 0. The van der Waals surface area contributed by atoms with Crippen molar-refractivity contribution in [3.8, 4) is 77.9 Å². The van der Waals surface area contributed by atoms with E-state index in [0.717, 1.165) is 0 Å². The Kier molecular flexibility index (Phi) is 14.5. The molecule has 0 aliphatic carbocycles. The predicted octanol–water partition coefficient (Wildman–Crippen LogP) is 28.7. The number of aryl methyl sites for hydroxylation is 8. The van der Waals surface area contributed by atoms with Gasteiger partial charge in [-0.2, -0.15) is 0 Å². The lowest BCUT2D eigenvalue weighted by Crippen LogP contribution is -1.99. The molecular formula is C98H87N. The molecule has 1 heteroatoms. The van der Waals surface area contributed by atoms with Crippen LogP contribution in [0.2, 0.25) is 0 Å². The molecule has 484 valence electrons. The van der Waals surface area contributed by atoms with Gasteiger partial charge in [-0.05, 0) is 338 Å². The van der Waals surface area contributed by atoms with E-state index < -0.39 is 0 Å². The van der Waals surface area contributed by atoms with Crippen LogP contribution in [-0.2, 0) is 0 Å². The highest BCUT2D eigenvalue weighted by molar-refractivity contribution is 6.33. The number of aromatic nitrogens is 1. The minimum Gasteiger partial charge on any atom is -0.308 e. The molecule has 0 unspecified atom stereocenters. The van der Waals surface area contributed by atoms with Crippen LogP contribution >= 0.6 is 0 Å². The predicted molar refractivity (Wildman–Crippen MR) is 432 cm³/mol. The first-order valence-corrected chi connectivity index (χ1v) is 36.2. The van der Waals surface area contributed by atoms with Gasteiger partial charge in [-0.1, -0.05) is 207 Å². The molecule has 17 aromatic rings. The Morgan fingerprint density at radius 2 is 0.525 bits per heavy atom. The smallest absolute Gasteiger partial charge is 0.0620 e. The van der Waals surface area contributed by atoms with Gasteiger partial charge in [0.15, 0.2) is 0 Å². The van der Waals surface area contributed by atoms with Crippen molar-refractivity contribution in [1.82, 2.24) is 4.40 Å². The minimum absolute atomic E-state index is 0.397. The molecule has 2 heterocycles. The van der Waals surface area contributed by atoms with Gasteiger partial charge in [0.25, 0.3) is 0 Å². The molecule has 0 fully saturated rings. The zero-order valence-corrected chi connectivity index (χ0v) is 60.5. The van der Waals surface area contributed by atoms with Gasteiger partial charge in [-0.15, -0.1) is 0 Å². The first kappa shape index (κ1) is 62.2. The fraction of sp³-hybridized carbons (Fsp3) is 0.204. The second-order valence-corrected chi connectivity index (χ2v) is 30.7. The second-order valence-electron chi connectivity index (χ2n) is 30.7. The summed E-state index contributed by atoms with van der Waals surface area (Å²) in [4.78, 5) is 0. The molecule has 99 heavy (non-hydrogen) atoms. The van der Waals surface area contributed by atoms with Crippen LogP contribution < -0.4 is 0 Å². The molecule has 1 nitrogen and oxygen atoms in total. The normalized spacial score (nSPS) is 12.4. The maximum Gasteiger partial charge on any atom is 0.0620 e. The highest BCUT2D eigenvalue weighted by atomic mass is 14.9. The summed E-state index contributed by atoms with van der Waals surface area (Å²) in [6, 6.07) is 83.7. The summed E-state index contributed by atoms with van der Waals surface area (Å²) < 4.78 is 2.60. The fourth-order valence-corrected chi connectivity index (χ4v) is 18.4. The number of hydrogen-bond donors (Lipinski definition) is 0. The summed E-state index contributed by atoms with van der Waals surface area (Å²) in [5, 5.41) is 18.0. The molecule has 0 saturated carbocycles. The molecule has 15 aromatic carbocycles. The number of fused-ring (bicyclic) bond motifs is 8. The molecule has 0 aliphatic heterocycles. The molecule has 0 saturated heterocycles. The Bertz CT molecular complexity index is 5850. The first-order chi connectivity index (χ1) is 47.7. The molecule has 17 rings (SSSR count). The second kappa shape index (κ2) is 23.1. The van der Waals surface area contributed by atoms with Gasteiger partial charge in [-0.3, -0.25) is 0 Å². The maximum absolute atomic E-state index is 2.60. The monoisotopic (exact) mass is 1280 g/mol. The number of rotatable bonds is 11. The summed E-state index contributed by atoms with van der Waals surface area (Å²) in [6.45, 7) is 37.2. The van der Waals surface area contributed by atoms with Crippen LogP contribution in [0.1, 0.15) is 146 Å². The first-order valence-electron chi connectivity index (χ1n) is 36.2. The van der Waals surface area contributed by atoms with Crippen molar-refractivity contribution in [1.29, 1.82) is 0 Å². The van der Waals surface area contributed by atoms with E-state index in [1.165, 1.54) is 237 Å². The quantitative estimate of drug-likeness (QED) is 0.114. The lowest BCUT2D eigenvalue weighted by atomic mass is 9.78. The van der Waals surface area contributed by atoms with Crippen LogP contribution in [0.3, 0.4) is 0 Å². The molecule has 2 aromatic heterocycles.